The molecule has 0 fully saturated rings. The van der Waals surface area contributed by atoms with Crippen molar-refractivity contribution in [2.24, 2.45) is 0 Å². The number of para-hydroxylation sites is 1. The summed E-state index contributed by atoms with van der Waals surface area (Å²) in [6.07, 6.45) is 0. The molecule has 0 radical (unpaired) electrons. The zero-order valence-electron chi connectivity index (χ0n) is 8.43. The molecule has 0 aliphatic heterocycles. The molecule has 0 saturated carbocycles. The first-order valence-corrected chi connectivity index (χ1v) is 6.03. The lowest BCUT2D eigenvalue weighted by Gasteiger charge is -2.09. The van der Waals surface area contributed by atoms with E-state index in [0.717, 1.165) is 14.6 Å². The highest BCUT2D eigenvalue weighted by Crippen LogP contribution is 2.30. The van der Waals surface area contributed by atoms with Crippen LogP contribution in [0.25, 0.3) is 10.2 Å². The minimum atomic E-state index is 0.0271. The number of hydrogen-bond acceptors (Lipinski definition) is 4. The van der Waals surface area contributed by atoms with Crippen LogP contribution in [-0.4, -0.2) is 22.2 Å². The second-order valence-electron chi connectivity index (χ2n) is 3.06. The first-order valence-electron chi connectivity index (χ1n) is 4.44. The van der Waals surface area contributed by atoms with Crippen molar-refractivity contribution in [3.05, 3.63) is 24.3 Å². The van der Waals surface area contributed by atoms with Gasteiger partial charge in [-0.05, 0) is 12.1 Å². The molecule has 0 spiro atoms. The third-order valence-electron chi connectivity index (χ3n) is 1.93. The van der Waals surface area contributed by atoms with E-state index in [1.165, 1.54) is 11.9 Å². The Bertz CT molecular complexity index is 462. The summed E-state index contributed by atoms with van der Waals surface area (Å²) in [5, 5.41) is 0. The van der Waals surface area contributed by atoms with E-state index in [2.05, 4.69) is 4.98 Å². The molecule has 0 atom stereocenters. The van der Waals surface area contributed by atoms with Gasteiger partial charge in [0.05, 0.1) is 10.2 Å². The Morgan fingerprint density at radius 2 is 2.20 bits per heavy atom. The average Bonchev–Trinajstić information content (AvgIpc) is 2.59. The number of hydrogen-bond donors (Lipinski definition) is 0. The van der Waals surface area contributed by atoms with E-state index < -0.39 is 0 Å². The number of amides is 1. The van der Waals surface area contributed by atoms with Crippen LogP contribution in [0.15, 0.2) is 28.6 Å². The molecule has 15 heavy (non-hydrogen) atoms. The molecule has 2 aromatic rings. The monoisotopic (exact) mass is 238 g/mol. The van der Waals surface area contributed by atoms with Crippen LogP contribution in [0.4, 0.5) is 0 Å². The Morgan fingerprint density at radius 1 is 1.47 bits per heavy atom. The average molecular weight is 238 g/mol. The molecule has 0 unspecified atom stereocenters. The van der Waals surface area contributed by atoms with Gasteiger partial charge in [-0.1, -0.05) is 12.1 Å². The third kappa shape index (κ3) is 2.30. The fourth-order valence-corrected chi connectivity index (χ4v) is 3.02. The van der Waals surface area contributed by atoms with Crippen molar-refractivity contribution in [1.82, 2.24) is 9.29 Å². The second-order valence-corrected chi connectivity index (χ2v) is 5.46. The predicted octanol–water partition coefficient (Wildman–Crippen LogP) is 2.78. The summed E-state index contributed by atoms with van der Waals surface area (Å²) in [5.41, 5.74) is 0.988. The molecule has 5 heteroatoms. The summed E-state index contributed by atoms with van der Waals surface area (Å²) in [6.45, 7) is 1.54. The van der Waals surface area contributed by atoms with Crippen LogP contribution in [0.1, 0.15) is 6.92 Å². The first kappa shape index (κ1) is 10.4. The lowest BCUT2D eigenvalue weighted by molar-refractivity contribution is -0.123. The number of aromatic nitrogens is 1. The van der Waals surface area contributed by atoms with Gasteiger partial charge >= 0.3 is 0 Å². The Morgan fingerprint density at radius 3 is 2.87 bits per heavy atom. The zero-order chi connectivity index (χ0) is 10.8. The summed E-state index contributed by atoms with van der Waals surface area (Å²) >= 11 is 2.97. The van der Waals surface area contributed by atoms with Gasteiger partial charge in [0.1, 0.15) is 0 Å². The van der Waals surface area contributed by atoms with Gasteiger partial charge in [0.2, 0.25) is 5.91 Å². The zero-order valence-corrected chi connectivity index (χ0v) is 10.1. The van der Waals surface area contributed by atoms with Crippen LogP contribution in [0.5, 0.6) is 0 Å². The van der Waals surface area contributed by atoms with Crippen molar-refractivity contribution in [3.63, 3.8) is 0 Å². The quantitative estimate of drug-likeness (QED) is 0.754. The molecule has 0 saturated heterocycles. The summed E-state index contributed by atoms with van der Waals surface area (Å²) in [5.74, 6) is 0.0271. The van der Waals surface area contributed by atoms with E-state index in [0.29, 0.717) is 0 Å². The Labute approximate surface area is 96.2 Å². The summed E-state index contributed by atoms with van der Waals surface area (Å²) in [6, 6.07) is 7.96. The van der Waals surface area contributed by atoms with E-state index in [1.54, 1.807) is 29.6 Å². The van der Waals surface area contributed by atoms with Gasteiger partial charge in [0.25, 0.3) is 0 Å². The number of fused-ring (bicyclic) bond motifs is 1. The van der Waals surface area contributed by atoms with Gasteiger partial charge in [-0.3, -0.25) is 9.10 Å². The number of nitrogens with zero attached hydrogens (tertiary/aromatic N) is 2. The number of benzene rings is 1. The first-order chi connectivity index (χ1) is 7.16. The molecule has 0 aliphatic carbocycles. The molecular formula is C10H10N2OS2. The molecule has 1 heterocycles. The lowest BCUT2D eigenvalue weighted by Crippen LogP contribution is -2.14. The molecule has 0 bridgehead atoms. The fraction of sp³-hybridized carbons (Fsp3) is 0.200. The van der Waals surface area contributed by atoms with Crippen molar-refractivity contribution in [3.8, 4) is 0 Å². The number of carbonyl (C=O) groups excluding carboxylic acids is 1. The number of rotatable bonds is 2. The van der Waals surface area contributed by atoms with Gasteiger partial charge in [-0.2, -0.15) is 0 Å². The smallest absolute Gasteiger partial charge is 0.229 e. The maximum Gasteiger partial charge on any atom is 0.229 e. The SMILES string of the molecule is CC(=O)N(C)Sc1nc2ccccc2s1. The molecule has 2 rings (SSSR count). The van der Waals surface area contributed by atoms with Crippen LogP contribution in [0, 0.1) is 0 Å². The molecule has 3 nitrogen and oxygen atoms in total. The predicted molar refractivity (Wildman–Crippen MR) is 63.9 cm³/mol. The van der Waals surface area contributed by atoms with E-state index in [9.17, 15) is 4.79 Å². The highest BCUT2D eigenvalue weighted by atomic mass is 32.2. The minimum absolute atomic E-state index is 0.0271. The van der Waals surface area contributed by atoms with Crippen molar-refractivity contribution in [1.29, 1.82) is 0 Å². The van der Waals surface area contributed by atoms with Crippen LogP contribution < -0.4 is 0 Å². The van der Waals surface area contributed by atoms with E-state index >= 15 is 0 Å². The summed E-state index contributed by atoms with van der Waals surface area (Å²) in [4.78, 5) is 15.5. The van der Waals surface area contributed by atoms with Gasteiger partial charge in [-0.15, -0.1) is 11.3 Å². The molecule has 1 amide bonds. The van der Waals surface area contributed by atoms with Crippen molar-refractivity contribution in [2.75, 3.05) is 7.05 Å². The fourth-order valence-electron chi connectivity index (χ4n) is 1.07. The Balaban J connectivity index is 2.26. The van der Waals surface area contributed by atoms with Crippen LogP contribution in [-0.2, 0) is 4.79 Å². The maximum atomic E-state index is 11.0. The van der Waals surface area contributed by atoms with Crippen molar-refractivity contribution < 1.29 is 4.79 Å². The minimum Gasteiger partial charge on any atom is -0.284 e. The molecule has 0 aliphatic rings. The van der Waals surface area contributed by atoms with Crippen molar-refractivity contribution >= 4 is 39.4 Å². The Kier molecular flexibility index (Phi) is 2.93. The highest BCUT2D eigenvalue weighted by molar-refractivity contribution is 7.99. The normalized spacial score (nSPS) is 10.5. The van der Waals surface area contributed by atoms with Gasteiger partial charge in [0.15, 0.2) is 4.34 Å². The van der Waals surface area contributed by atoms with E-state index in [1.807, 2.05) is 24.3 Å². The van der Waals surface area contributed by atoms with Crippen molar-refractivity contribution in [2.45, 2.75) is 11.3 Å². The van der Waals surface area contributed by atoms with Crippen LogP contribution in [0.2, 0.25) is 0 Å². The molecular weight excluding hydrogens is 228 g/mol. The van der Waals surface area contributed by atoms with Gasteiger partial charge < -0.3 is 0 Å². The van der Waals surface area contributed by atoms with Crippen LogP contribution in [0.3, 0.4) is 0 Å². The molecule has 0 N–H and O–H groups in total. The third-order valence-corrected chi connectivity index (χ3v) is 4.02. The molecule has 1 aromatic heterocycles. The summed E-state index contributed by atoms with van der Waals surface area (Å²) < 4.78 is 3.63. The maximum absolute atomic E-state index is 11.0. The number of thiazole rings is 1. The molecule has 1 aromatic carbocycles. The standard InChI is InChI=1S/C10H10N2OS2/c1-7(13)12(2)15-10-11-8-5-3-4-6-9(8)14-10/h3-6H,1-2H3. The lowest BCUT2D eigenvalue weighted by atomic mass is 10.3. The number of carbonyl (C=O) groups is 1. The van der Waals surface area contributed by atoms with Crippen LogP contribution >= 0.6 is 23.3 Å². The van der Waals surface area contributed by atoms with E-state index in [-0.39, 0.29) is 5.91 Å². The largest absolute Gasteiger partial charge is 0.284 e. The van der Waals surface area contributed by atoms with E-state index in [4.69, 9.17) is 0 Å². The summed E-state index contributed by atoms with van der Waals surface area (Å²) in [7, 11) is 1.75. The highest BCUT2D eigenvalue weighted by Gasteiger charge is 2.09. The topological polar surface area (TPSA) is 33.2 Å². The molecule has 78 valence electrons. The van der Waals surface area contributed by atoms with Gasteiger partial charge in [-0.25, -0.2) is 4.98 Å². The second kappa shape index (κ2) is 4.20. The Hall–Kier alpha value is -1.07. The van der Waals surface area contributed by atoms with Gasteiger partial charge in [0, 0.05) is 25.9 Å².